The Labute approximate surface area is 288 Å². The summed E-state index contributed by atoms with van der Waals surface area (Å²) in [5.41, 5.74) is 2.66. The lowest BCUT2D eigenvalue weighted by molar-refractivity contribution is -0.134. The fraction of sp³-hybridized carbons (Fsp3) is 0.471. The summed E-state index contributed by atoms with van der Waals surface area (Å²) in [5, 5.41) is 21.3. The molecule has 6 N–H and O–H groups in total. The predicted molar refractivity (Wildman–Crippen MR) is 184 cm³/mol. The quantitative estimate of drug-likeness (QED) is 0.214. The molecule has 1 aliphatic heterocycles. The van der Waals surface area contributed by atoms with Crippen LogP contribution in [0.3, 0.4) is 0 Å². The summed E-state index contributed by atoms with van der Waals surface area (Å²) in [5.74, 6) is -2.31. The van der Waals surface area contributed by atoms with Crippen molar-refractivity contribution in [3.05, 3.63) is 79.4 Å². The van der Waals surface area contributed by atoms with E-state index < -0.39 is 35.7 Å². The van der Waals surface area contributed by atoms with Crippen LogP contribution in [0.1, 0.15) is 90.5 Å². The van der Waals surface area contributed by atoms with E-state index in [1.807, 2.05) is 44.2 Å². The van der Waals surface area contributed by atoms with Crippen molar-refractivity contribution in [1.82, 2.24) is 36.2 Å². The number of carboxylic acid groups (broad SMARTS) is 1. The third-order valence-electron chi connectivity index (χ3n) is 7.82. The van der Waals surface area contributed by atoms with E-state index in [-0.39, 0.29) is 35.8 Å². The van der Waals surface area contributed by atoms with Gasteiger partial charge < -0.3 is 31.4 Å². The van der Waals surface area contributed by atoms with Crippen LogP contribution in [0.15, 0.2) is 40.5 Å². The molecule has 2 bridgehead atoms. The highest BCUT2D eigenvalue weighted by Gasteiger charge is 2.29. The van der Waals surface area contributed by atoms with Gasteiger partial charge in [0.2, 0.25) is 17.7 Å². The zero-order valence-corrected chi connectivity index (χ0v) is 29.2. The lowest BCUT2D eigenvalue weighted by atomic mass is 10.0. The SMILES string of the molecule is CC(=O)O.Cc1nc(=O)[nH]c(C)c1CCC(=O)N[C@H]1CCCCNC(=O)C(Cc2ccccc2)NC(=O)c2csc(n2)[C@@H](C(C)C)NC1=O. The molecular weight excluding hydrogens is 650 g/mol. The van der Waals surface area contributed by atoms with Crippen LogP contribution in [-0.4, -0.2) is 68.3 Å². The van der Waals surface area contributed by atoms with Gasteiger partial charge in [-0.2, -0.15) is 4.98 Å². The highest BCUT2D eigenvalue weighted by atomic mass is 32.1. The second-order valence-corrected chi connectivity index (χ2v) is 13.1. The van der Waals surface area contributed by atoms with Gasteiger partial charge in [0.1, 0.15) is 22.8 Å². The molecule has 0 aliphatic carbocycles. The van der Waals surface area contributed by atoms with Crippen molar-refractivity contribution in [3.63, 3.8) is 0 Å². The minimum Gasteiger partial charge on any atom is -0.481 e. The first-order valence-electron chi connectivity index (χ1n) is 16.2. The number of amides is 4. The maximum atomic E-state index is 13.6. The summed E-state index contributed by atoms with van der Waals surface area (Å²) in [6.45, 7) is 8.81. The highest BCUT2D eigenvalue weighted by Crippen LogP contribution is 2.26. The highest BCUT2D eigenvalue weighted by molar-refractivity contribution is 7.09. The standard InChI is InChI=1S/C32H41N7O5S.C2H4O2/c1-18(2)27-31-38-25(17-45-31)30(43)37-24(16-21-10-6-5-7-11-21)28(41)33-15-9-8-12-23(29(42)39-27)36-26(40)14-13-22-19(3)34-32(44)35-20(22)4;1-2(3)4/h5-7,10-11,17-18,23-24,27H,8-9,12-16H2,1-4H3,(H,33,41)(H,36,40)(H,37,43)(H,39,42)(H,34,35,44);1H3,(H,3,4)/t23-,24?,27+;/m0./s1. The molecule has 1 aliphatic rings. The van der Waals surface area contributed by atoms with Gasteiger partial charge in [-0.25, -0.2) is 9.78 Å². The monoisotopic (exact) mass is 695 g/mol. The summed E-state index contributed by atoms with van der Waals surface area (Å²) in [7, 11) is 0. The van der Waals surface area contributed by atoms with Gasteiger partial charge in [0.25, 0.3) is 11.9 Å². The Morgan fingerprint density at radius 3 is 2.37 bits per heavy atom. The Bertz CT molecular complexity index is 1640. The lowest BCUT2D eigenvalue weighted by Crippen LogP contribution is -2.49. The number of nitrogens with zero attached hydrogens (tertiary/aromatic N) is 2. The molecule has 4 amide bonds. The molecule has 264 valence electrons. The smallest absolute Gasteiger partial charge is 0.345 e. The number of carbonyl (C=O) groups excluding carboxylic acids is 4. The molecule has 4 rings (SSSR count). The number of hydrogen-bond acceptors (Lipinski definition) is 9. The molecule has 3 aromatic rings. The van der Waals surface area contributed by atoms with Crippen molar-refractivity contribution < 1.29 is 29.1 Å². The molecule has 0 fully saturated rings. The van der Waals surface area contributed by atoms with E-state index in [1.165, 1.54) is 11.3 Å². The van der Waals surface area contributed by atoms with Gasteiger partial charge in [-0.15, -0.1) is 11.3 Å². The largest absolute Gasteiger partial charge is 0.481 e. The number of carbonyl (C=O) groups is 5. The van der Waals surface area contributed by atoms with E-state index >= 15 is 0 Å². The number of H-pyrrole nitrogens is 1. The second kappa shape index (κ2) is 18.6. The molecule has 0 saturated heterocycles. The number of rotatable bonds is 7. The van der Waals surface area contributed by atoms with Gasteiger partial charge in [0.05, 0.1) is 6.04 Å². The van der Waals surface area contributed by atoms with Crippen molar-refractivity contribution in [2.24, 2.45) is 5.92 Å². The first-order valence-corrected chi connectivity index (χ1v) is 17.1. The van der Waals surface area contributed by atoms with Crippen LogP contribution < -0.4 is 27.0 Å². The lowest BCUT2D eigenvalue weighted by Gasteiger charge is -2.25. The van der Waals surface area contributed by atoms with Crippen molar-refractivity contribution in [2.45, 2.75) is 91.3 Å². The number of aromatic amines is 1. The number of benzene rings is 1. The Balaban J connectivity index is 0.00000154. The Kier molecular flexibility index (Phi) is 14.6. The Hall–Kier alpha value is -4.92. The van der Waals surface area contributed by atoms with Crippen molar-refractivity contribution in [1.29, 1.82) is 0 Å². The summed E-state index contributed by atoms with van der Waals surface area (Å²) >= 11 is 1.26. The van der Waals surface area contributed by atoms with Crippen LogP contribution >= 0.6 is 11.3 Å². The topological polar surface area (TPSA) is 212 Å². The third-order valence-corrected chi connectivity index (χ3v) is 8.74. The number of thiazole rings is 1. The normalized spacial score (nSPS) is 18.7. The molecule has 49 heavy (non-hydrogen) atoms. The fourth-order valence-electron chi connectivity index (χ4n) is 5.30. The molecule has 2 aromatic heterocycles. The maximum absolute atomic E-state index is 13.6. The predicted octanol–water partition coefficient (Wildman–Crippen LogP) is 2.51. The van der Waals surface area contributed by atoms with E-state index in [0.717, 1.165) is 18.1 Å². The number of aromatic nitrogens is 3. The van der Waals surface area contributed by atoms with E-state index in [2.05, 4.69) is 36.2 Å². The van der Waals surface area contributed by atoms with Gasteiger partial charge >= 0.3 is 5.69 Å². The van der Waals surface area contributed by atoms with Crippen molar-refractivity contribution >= 4 is 40.9 Å². The molecule has 0 saturated carbocycles. The molecule has 0 spiro atoms. The number of hydrogen-bond donors (Lipinski definition) is 6. The van der Waals surface area contributed by atoms with Gasteiger partial charge in [-0.1, -0.05) is 44.2 Å². The summed E-state index contributed by atoms with van der Waals surface area (Å²) in [4.78, 5) is 84.8. The minimum absolute atomic E-state index is 0.0541. The molecule has 0 radical (unpaired) electrons. The molecule has 3 atom stereocenters. The Morgan fingerprint density at radius 2 is 1.71 bits per heavy atom. The number of carboxylic acids is 1. The number of aliphatic carboxylic acids is 1. The van der Waals surface area contributed by atoms with Crippen LogP contribution in [0.25, 0.3) is 0 Å². The van der Waals surface area contributed by atoms with Crippen LogP contribution in [0, 0.1) is 19.8 Å². The van der Waals surface area contributed by atoms with Gasteiger partial charge in [0.15, 0.2) is 0 Å². The molecule has 3 heterocycles. The van der Waals surface area contributed by atoms with E-state index in [1.54, 1.807) is 19.2 Å². The molecule has 1 aromatic carbocycles. The maximum Gasteiger partial charge on any atom is 0.345 e. The van der Waals surface area contributed by atoms with Crippen molar-refractivity contribution in [3.8, 4) is 0 Å². The van der Waals surface area contributed by atoms with Crippen LogP contribution in [0.5, 0.6) is 0 Å². The molecular formula is C34H45N7O7S. The number of nitrogens with one attached hydrogen (secondary N) is 5. The summed E-state index contributed by atoms with van der Waals surface area (Å²) < 4.78 is 0. The average molecular weight is 696 g/mol. The molecule has 15 heteroatoms. The Morgan fingerprint density at radius 1 is 1.02 bits per heavy atom. The second-order valence-electron chi connectivity index (χ2n) is 12.2. The van der Waals surface area contributed by atoms with E-state index in [9.17, 15) is 24.0 Å². The van der Waals surface area contributed by atoms with Gasteiger partial charge in [0, 0.05) is 43.1 Å². The van der Waals surface area contributed by atoms with Gasteiger partial charge in [-0.05, 0) is 56.6 Å². The summed E-state index contributed by atoms with van der Waals surface area (Å²) in [6.07, 6.45) is 2.28. The van der Waals surface area contributed by atoms with Crippen LogP contribution in [-0.2, 0) is 32.0 Å². The third kappa shape index (κ3) is 12.2. The van der Waals surface area contributed by atoms with Crippen LogP contribution in [0.4, 0.5) is 0 Å². The van der Waals surface area contributed by atoms with E-state index in [4.69, 9.17) is 9.90 Å². The summed E-state index contributed by atoms with van der Waals surface area (Å²) in [6, 6.07) is 7.38. The average Bonchev–Trinajstić information content (AvgIpc) is 3.51. The fourth-order valence-corrected chi connectivity index (χ4v) is 6.32. The first kappa shape index (κ1) is 38.5. The molecule has 1 unspecified atom stereocenters. The minimum atomic E-state index is -0.833. The van der Waals surface area contributed by atoms with E-state index in [0.29, 0.717) is 55.0 Å². The molecule has 14 nitrogen and oxygen atoms in total. The van der Waals surface area contributed by atoms with Gasteiger partial charge in [-0.3, -0.25) is 24.0 Å². The number of aryl methyl sites for hydroxylation is 2. The zero-order valence-electron chi connectivity index (χ0n) is 28.4. The zero-order chi connectivity index (χ0) is 36.1. The number of fused-ring (bicyclic) bond motifs is 2. The van der Waals surface area contributed by atoms with Crippen LogP contribution in [0.2, 0.25) is 0 Å². The first-order chi connectivity index (χ1) is 23.2. The van der Waals surface area contributed by atoms with Crippen molar-refractivity contribution in [2.75, 3.05) is 6.54 Å².